The maximum atomic E-state index is 11.0. The fourth-order valence-corrected chi connectivity index (χ4v) is 2.74. The molecule has 2 aromatic rings. The molecule has 3 heteroatoms. The molecule has 0 saturated heterocycles. The molecule has 122 valence electrons. The number of rotatable bonds is 8. The van der Waals surface area contributed by atoms with Crippen molar-refractivity contribution in [2.24, 2.45) is 0 Å². The van der Waals surface area contributed by atoms with Crippen molar-refractivity contribution in [2.75, 3.05) is 14.2 Å². The van der Waals surface area contributed by atoms with E-state index in [1.807, 2.05) is 18.2 Å². The fourth-order valence-electron chi connectivity index (χ4n) is 2.74. The Morgan fingerprint density at radius 3 is 2.26 bits per heavy atom. The van der Waals surface area contributed by atoms with E-state index in [4.69, 9.17) is 9.47 Å². The van der Waals surface area contributed by atoms with E-state index in [0.29, 0.717) is 5.56 Å². The Balaban J connectivity index is 2.46. The monoisotopic (exact) mass is 312 g/mol. The molecule has 2 aromatic carbocycles. The lowest BCUT2D eigenvalue weighted by Crippen LogP contribution is -1.97. The van der Waals surface area contributed by atoms with Crippen LogP contribution >= 0.6 is 0 Å². The van der Waals surface area contributed by atoms with Crippen LogP contribution in [0.1, 0.15) is 42.1 Å². The lowest BCUT2D eigenvalue weighted by molar-refractivity contribution is 0.112. The summed E-state index contributed by atoms with van der Waals surface area (Å²) in [7, 11) is 3.33. The van der Waals surface area contributed by atoms with Crippen molar-refractivity contribution in [3.8, 4) is 22.6 Å². The van der Waals surface area contributed by atoms with Crippen LogP contribution in [0.4, 0.5) is 0 Å². The molecule has 2 rings (SSSR count). The summed E-state index contributed by atoms with van der Waals surface area (Å²) in [5.74, 6) is 1.55. The van der Waals surface area contributed by atoms with Gasteiger partial charge in [0.15, 0.2) is 0 Å². The summed E-state index contributed by atoms with van der Waals surface area (Å²) in [4.78, 5) is 11.0. The molecule has 0 atom stereocenters. The SMILES string of the molecule is CCCCCc1cc(OC)c(-c2cccc(C=O)c2)c(OC)c1. The van der Waals surface area contributed by atoms with Gasteiger partial charge in [-0.1, -0.05) is 38.0 Å². The maximum Gasteiger partial charge on any atom is 0.150 e. The van der Waals surface area contributed by atoms with Crippen LogP contribution in [0, 0.1) is 0 Å². The number of methoxy groups -OCH3 is 2. The zero-order chi connectivity index (χ0) is 16.7. The van der Waals surface area contributed by atoms with Crippen molar-refractivity contribution in [1.82, 2.24) is 0 Å². The second kappa shape index (κ2) is 8.37. The summed E-state index contributed by atoms with van der Waals surface area (Å²) in [5, 5.41) is 0. The van der Waals surface area contributed by atoms with Crippen molar-refractivity contribution in [3.63, 3.8) is 0 Å². The molecule has 0 radical (unpaired) electrons. The predicted molar refractivity (Wildman–Crippen MR) is 93.6 cm³/mol. The summed E-state index contributed by atoms with van der Waals surface area (Å²) in [6.07, 6.45) is 5.43. The molecule has 3 nitrogen and oxygen atoms in total. The van der Waals surface area contributed by atoms with Gasteiger partial charge in [-0.15, -0.1) is 0 Å². The molecular weight excluding hydrogens is 288 g/mol. The van der Waals surface area contributed by atoms with E-state index in [2.05, 4.69) is 19.1 Å². The predicted octanol–water partition coefficient (Wildman–Crippen LogP) is 4.92. The molecule has 0 aliphatic rings. The highest BCUT2D eigenvalue weighted by Crippen LogP contribution is 2.40. The third-order valence-corrected chi connectivity index (χ3v) is 3.95. The van der Waals surface area contributed by atoms with Crippen LogP contribution in [-0.2, 0) is 6.42 Å². The number of aryl methyl sites for hydroxylation is 1. The van der Waals surface area contributed by atoms with E-state index in [-0.39, 0.29) is 0 Å². The molecule has 0 N–H and O–H groups in total. The van der Waals surface area contributed by atoms with Crippen LogP contribution in [0.25, 0.3) is 11.1 Å². The molecular formula is C20H24O3. The van der Waals surface area contributed by atoms with Gasteiger partial charge in [0.25, 0.3) is 0 Å². The summed E-state index contributed by atoms with van der Waals surface area (Å²) in [6, 6.07) is 11.6. The Hall–Kier alpha value is -2.29. The Bertz CT molecular complexity index is 637. The highest BCUT2D eigenvalue weighted by Gasteiger charge is 2.15. The van der Waals surface area contributed by atoms with Crippen molar-refractivity contribution in [3.05, 3.63) is 47.5 Å². The van der Waals surface area contributed by atoms with E-state index in [9.17, 15) is 4.79 Å². The normalized spacial score (nSPS) is 10.4. The van der Waals surface area contributed by atoms with Crippen molar-refractivity contribution in [2.45, 2.75) is 32.6 Å². The van der Waals surface area contributed by atoms with Crippen LogP contribution in [0.3, 0.4) is 0 Å². The van der Waals surface area contributed by atoms with Gasteiger partial charge in [-0.05, 0) is 42.2 Å². The van der Waals surface area contributed by atoms with Crippen LogP contribution in [0.2, 0.25) is 0 Å². The number of hydrogen-bond acceptors (Lipinski definition) is 3. The van der Waals surface area contributed by atoms with Gasteiger partial charge in [0, 0.05) is 5.56 Å². The number of ether oxygens (including phenoxy) is 2. The summed E-state index contributed by atoms with van der Waals surface area (Å²) in [6.45, 7) is 2.20. The number of benzene rings is 2. The topological polar surface area (TPSA) is 35.5 Å². The van der Waals surface area contributed by atoms with Gasteiger partial charge in [-0.3, -0.25) is 4.79 Å². The minimum atomic E-state index is 0.638. The number of unbranched alkanes of at least 4 members (excludes halogenated alkanes) is 2. The lowest BCUT2D eigenvalue weighted by Gasteiger charge is -2.16. The van der Waals surface area contributed by atoms with Crippen molar-refractivity contribution < 1.29 is 14.3 Å². The standard InChI is InChI=1S/C20H24O3/c1-4-5-6-8-15-12-18(22-2)20(19(13-15)23-3)17-10-7-9-16(11-17)14-21/h7,9-14H,4-6,8H2,1-3H3. The first-order valence-electron chi connectivity index (χ1n) is 8.04. The zero-order valence-electron chi connectivity index (χ0n) is 14.1. The lowest BCUT2D eigenvalue weighted by atomic mass is 9.97. The second-order valence-electron chi connectivity index (χ2n) is 5.58. The first-order chi connectivity index (χ1) is 11.2. The first-order valence-corrected chi connectivity index (χ1v) is 8.04. The molecule has 23 heavy (non-hydrogen) atoms. The molecule has 0 aliphatic heterocycles. The average molecular weight is 312 g/mol. The highest BCUT2D eigenvalue weighted by atomic mass is 16.5. The highest BCUT2D eigenvalue weighted by molar-refractivity contribution is 5.83. The van der Waals surface area contributed by atoms with Crippen LogP contribution in [0.15, 0.2) is 36.4 Å². The fraction of sp³-hybridized carbons (Fsp3) is 0.350. The summed E-state index contributed by atoms with van der Waals surface area (Å²) < 4.78 is 11.2. The van der Waals surface area contributed by atoms with Gasteiger partial charge >= 0.3 is 0 Å². The Kier molecular flexibility index (Phi) is 6.21. The maximum absolute atomic E-state index is 11.0. The van der Waals surface area contributed by atoms with Gasteiger partial charge < -0.3 is 9.47 Å². The minimum absolute atomic E-state index is 0.638. The average Bonchev–Trinajstić information content (AvgIpc) is 2.61. The molecule has 0 heterocycles. The largest absolute Gasteiger partial charge is 0.496 e. The molecule has 0 bridgehead atoms. The van der Waals surface area contributed by atoms with Gasteiger partial charge in [-0.2, -0.15) is 0 Å². The number of carbonyl (C=O) groups is 1. The molecule has 0 amide bonds. The summed E-state index contributed by atoms with van der Waals surface area (Å²) >= 11 is 0. The third-order valence-electron chi connectivity index (χ3n) is 3.95. The Labute approximate surface area is 138 Å². The quantitative estimate of drug-likeness (QED) is 0.513. The summed E-state index contributed by atoms with van der Waals surface area (Å²) in [5.41, 5.74) is 3.66. The van der Waals surface area contributed by atoms with Gasteiger partial charge in [-0.25, -0.2) is 0 Å². The molecule has 0 aliphatic carbocycles. The first kappa shape index (κ1) is 17.1. The van der Waals surface area contributed by atoms with E-state index < -0.39 is 0 Å². The van der Waals surface area contributed by atoms with Crippen LogP contribution in [0.5, 0.6) is 11.5 Å². The van der Waals surface area contributed by atoms with Gasteiger partial charge in [0.2, 0.25) is 0 Å². The third kappa shape index (κ3) is 4.13. The van der Waals surface area contributed by atoms with E-state index in [0.717, 1.165) is 41.8 Å². The zero-order valence-corrected chi connectivity index (χ0v) is 14.1. The van der Waals surface area contributed by atoms with E-state index >= 15 is 0 Å². The van der Waals surface area contributed by atoms with Crippen LogP contribution in [-0.4, -0.2) is 20.5 Å². The van der Waals surface area contributed by atoms with Gasteiger partial charge in [0.05, 0.1) is 19.8 Å². The molecule has 0 unspecified atom stereocenters. The second-order valence-corrected chi connectivity index (χ2v) is 5.58. The smallest absolute Gasteiger partial charge is 0.150 e. The molecule has 0 spiro atoms. The van der Waals surface area contributed by atoms with Crippen molar-refractivity contribution in [1.29, 1.82) is 0 Å². The molecule has 0 fully saturated rings. The number of aldehydes is 1. The number of carbonyl (C=O) groups excluding carboxylic acids is 1. The molecule has 0 aromatic heterocycles. The van der Waals surface area contributed by atoms with E-state index in [1.54, 1.807) is 20.3 Å². The molecule has 0 saturated carbocycles. The van der Waals surface area contributed by atoms with E-state index in [1.165, 1.54) is 18.4 Å². The minimum Gasteiger partial charge on any atom is -0.496 e. The van der Waals surface area contributed by atoms with Crippen molar-refractivity contribution >= 4 is 6.29 Å². The van der Waals surface area contributed by atoms with Crippen LogP contribution < -0.4 is 9.47 Å². The van der Waals surface area contributed by atoms with Gasteiger partial charge in [0.1, 0.15) is 17.8 Å². The number of hydrogen-bond donors (Lipinski definition) is 0. The Morgan fingerprint density at radius 1 is 1.00 bits per heavy atom. The Morgan fingerprint density at radius 2 is 1.70 bits per heavy atom.